The number of aryl methyl sites for hydroxylation is 1. The molecule has 184 valence electrons. The lowest BCUT2D eigenvalue weighted by atomic mass is 10.1. The van der Waals surface area contributed by atoms with Gasteiger partial charge < -0.3 is 20.9 Å². The van der Waals surface area contributed by atoms with Gasteiger partial charge in [0.1, 0.15) is 23.4 Å². The van der Waals surface area contributed by atoms with Crippen LogP contribution in [0.5, 0.6) is 0 Å². The van der Waals surface area contributed by atoms with Crippen LogP contribution in [0, 0.1) is 0 Å². The van der Waals surface area contributed by atoms with E-state index in [9.17, 15) is 14.4 Å². The van der Waals surface area contributed by atoms with Crippen molar-refractivity contribution in [3.63, 3.8) is 0 Å². The van der Waals surface area contributed by atoms with Crippen molar-refractivity contribution in [1.29, 1.82) is 0 Å². The Hall–Kier alpha value is -5.25. The van der Waals surface area contributed by atoms with Crippen molar-refractivity contribution >= 4 is 34.4 Å². The van der Waals surface area contributed by atoms with Gasteiger partial charge in [-0.1, -0.05) is 30.3 Å². The number of nitrogen functional groups attached to an aromatic ring is 1. The average Bonchev–Trinajstić information content (AvgIpc) is 3.26. The molecule has 2 amide bonds. The van der Waals surface area contributed by atoms with Crippen molar-refractivity contribution in [3.8, 4) is 16.8 Å². The molecule has 10 nitrogen and oxygen atoms in total. The highest BCUT2D eigenvalue weighted by Crippen LogP contribution is 2.32. The summed E-state index contributed by atoms with van der Waals surface area (Å²) in [6, 6.07) is 17.2. The molecular formula is C27H23N7O3. The third-order valence-electron chi connectivity index (χ3n) is 6.02. The molecule has 0 saturated heterocycles. The van der Waals surface area contributed by atoms with E-state index in [1.807, 2.05) is 36.0 Å². The fraction of sp³-hybridized carbons (Fsp3) is 0.0741. The van der Waals surface area contributed by atoms with Gasteiger partial charge in [0.25, 0.3) is 17.4 Å². The molecule has 0 radical (unpaired) electrons. The van der Waals surface area contributed by atoms with Crippen LogP contribution in [0.1, 0.15) is 20.7 Å². The standard InChI is InChI=1S/C27H23N7O3/c1-29-25(35)17-12-20(27(37)34(13-17)19-6-4-3-5-7-19)26(36)32-18-10-8-16(9-11-18)21-14-33(2)24-22(21)23(28)30-15-31-24/h3-15H,1-2H3,(H,29,35)(H,32,36)(H2,28,30,31). The molecule has 10 heteroatoms. The Kier molecular flexibility index (Phi) is 5.98. The van der Waals surface area contributed by atoms with Crippen LogP contribution in [0.3, 0.4) is 0 Å². The van der Waals surface area contributed by atoms with E-state index in [4.69, 9.17) is 5.73 Å². The highest BCUT2D eigenvalue weighted by molar-refractivity contribution is 6.06. The number of carbonyl (C=O) groups excluding carboxylic acids is 2. The lowest BCUT2D eigenvalue weighted by Crippen LogP contribution is -2.30. The summed E-state index contributed by atoms with van der Waals surface area (Å²) in [6.07, 6.45) is 4.76. The Balaban J connectivity index is 1.48. The molecule has 0 saturated carbocycles. The van der Waals surface area contributed by atoms with E-state index in [0.29, 0.717) is 22.8 Å². The molecule has 37 heavy (non-hydrogen) atoms. The Morgan fingerprint density at radius 2 is 1.68 bits per heavy atom. The number of hydrogen-bond donors (Lipinski definition) is 3. The van der Waals surface area contributed by atoms with Gasteiger partial charge in [0.15, 0.2) is 0 Å². The van der Waals surface area contributed by atoms with E-state index in [0.717, 1.165) is 16.5 Å². The third-order valence-corrected chi connectivity index (χ3v) is 6.02. The lowest BCUT2D eigenvalue weighted by molar-refractivity contribution is 0.0962. The second-order valence-corrected chi connectivity index (χ2v) is 8.37. The van der Waals surface area contributed by atoms with Gasteiger partial charge in [-0.2, -0.15) is 0 Å². The first-order chi connectivity index (χ1) is 17.9. The summed E-state index contributed by atoms with van der Waals surface area (Å²) in [5.74, 6) is -0.666. The number of carbonyl (C=O) groups is 2. The van der Waals surface area contributed by atoms with Crippen molar-refractivity contribution < 1.29 is 9.59 Å². The van der Waals surface area contributed by atoms with Crippen LogP contribution in [-0.2, 0) is 7.05 Å². The first-order valence-corrected chi connectivity index (χ1v) is 11.4. The van der Waals surface area contributed by atoms with Crippen molar-refractivity contribution in [2.75, 3.05) is 18.1 Å². The highest BCUT2D eigenvalue weighted by Gasteiger charge is 2.19. The largest absolute Gasteiger partial charge is 0.383 e. The normalized spacial score (nSPS) is 10.9. The van der Waals surface area contributed by atoms with Gasteiger partial charge >= 0.3 is 0 Å². The maximum Gasteiger partial charge on any atom is 0.267 e. The molecule has 0 atom stereocenters. The minimum absolute atomic E-state index is 0.159. The maximum atomic E-state index is 13.2. The number of rotatable bonds is 5. The predicted molar refractivity (Wildman–Crippen MR) is 142 cm³/mol. The van der Waals surface area contributed by atoms with E-state index < -0.39 is 17.4 Å². The third kappa shape index (κ3) is 4.31. The van der Waals surface area contributed by atoms with Crippen LogP contribution in [0.25, 0.3) is 27.8 Å². The Morgan fingerprint density at radius 3 is 2.38 bits per heavy atom. The summed E-state index contributed by atoms with van der Waals surface area (Å²) in [7, 11) is 3.36. The molecule has 5 rings (SSSR count). The predicted octanol–water partition coefficient (Wildman–Crippen LogP) is 2.98. The molecule has 4 N–H and O–H groups in total. The molecule has 3 heterocycles. The summed E-state index contributed by atoms with van der Waals surface area (Å²) >= 11 is 0. The fourth-order valence-corrected chi connectivity index (χ4v) is 4.18. The lowest BCUT2D eigenvalue weighted by Gasteiger charge is -2.12. The SMILES string of the molecule is CNC(=O)c1cc(C(=O)Nc2ccc(-c3cn(C)c4ncnc(N)c34)cc2)c(=O)n(-c2ccccc2)c1. The molecule has 0 fully saturated rings. The van der Waals surface area contributed by atoms with E-state index in [1.165, 1.54) is 30.2 Å². The number of nitrogens with zero attached hydrogens (tertiary/aromatic N) is 4. The number of pyridine rings is 1. The van der Waals surface area contributed by atoms with Crippen molar-refractivity contribution in [3.05, 3.63) is 101 Å². The van der Waals surface area contributed by atoms with Gasteiger partial charge in [0, 0.05) is 43.4 Å². The first-order valence-electron chi connectivity index (χ1n) is 11.4. The zero-order valence-electron chi connectivity index (χ0n) is 20.1. The summed E-state index contributed by atoms with van der Waals surface area (Å²) in [5.41, 5.74) is 9.03. The number of hydrogen-bond acceptors (Lipinski definition) is 6. The van der Waals surface area contributed by atoms with Crippen molar-refractivity contribution in [1.82, 2.24) is 24.4 Å². The van der Waals surface area contributed by atoms with Gasteiger partial charge in [-0.05, 0) is 35.9 Å². The second-order valence-electron chi connectivity index (χ2n) is 8.37. The minimum atomic E-state index is -0.629. The maximum absolute atomic E-state index is 13.2. The van der Waals surface area contributed by atoms with Gasteiger partial charge in [-0.15, -0.1) is 0 Å². The molecular weight excluding hydrogens is 470 g/mol. The topological polar surface area (TPSA) is 137 Å². The number of aromatic nitrogens is 4. The summed E-state index contributed by atoms with van der Waals surface area (Å²) < 4.78 is 3.16. The second kappa shape index (κ2) is 9.42. The molecule has 5 aromatic rings. The van der Waals surface area contributed by atoms with Crippen molar-refractivity contribution in [2.45, 2.75) is 0 Å². The Labute approximate surface area is 211 Å². The molecule has 0 aliphatic heterocycles. The van der Waals surface area contributed by atoms with E-state index in [-0.39, 0.29) is 11.1 Å². The number of amides is 2. The van der Waals surface area contributed by atoms with E-state index in [2.05, 4.69) is 20.6 Å². The average molecular weight is 494 g/mol. The molecule has 0 unspecified atom stereocenters. The number of para-hydroxylation sites is 1. The zero-order valence-corrected chi connectivity index (χ0v) is 20.1. The van der Waals surface area contributed by atoms with Crippen LogP contribution < -0.4 is 21.9 Å². The molecule has 0 bridgehead atoms. The van der Waals surface area contributed by atoms with E-state index >= 15 is 0 Å². The number of nitrogens with two attached hydrogens (primary N) is 1. The molecule has 0 spiro atoms. The van der Waals surface area contributed by atoms with E-state index in [1.54, 1.807) is 36.4 Å². The summed E-state index contributed by atoms with van der Waals surface area (Å²) in [5, 5.41) is 6.03. The van der Waals surface area contributed by atoms with Crippen LogP contribution in [-0.4, -0.2) is 38.0 Å². The van der Waals surface area contributed by atoms with Gasteiger partial charge in [-0.25, -0.2) is 9.97 Å². The molecule has 2 aromatic carbocycles. The first kappa shape index (κ1) is 23.5. The smallest absolute Gasteiger partial charge is 0.267 e. The van der Waals surface area contributed by atoms with Crippen LogP contribution in [0.15, 0.2) is 84.2 Å². The van der Waals surface area contributed by atoms with Crippen LogP contribution >= 0.6 is 0 Å². The van der Waals surface area contributed by atoms with Crippen molar-refractivity contribution in [2.24, 2.45) is 7.05 Å². The Morgan fingerprint density at radius 1 is 0.946 bits per heavy atom. The molecule has 0 aliphatic carbocycles. The zero-order chi connectivity index (χ0) is 26.1. The highest BCUT2D eigenvalue weighted by atomic mass is 16.2. The fourth-order valence-electron chi connectivity index (χ4n) is 4.18. The summed E-state index contributed by atoms with van der Waals surface area (Å²) in [4.78, 5) is 47.1. The number of fused-ring (bicyclic) bond motifs is 1. The van der Waals surface area contributed by atoms with Gasteiger partial charge in [-0.3, -0.25) is 19.0 Å². The van der Waals surface area contributed by atoms with Crippen LogP contribution in [0.2, 0.25) is 0 Å². The molecule has 3 aromatic heterocycles. The van der Waals surface area contributed by atoms with Gasteiger partial charge in [0.2, 0.25) is 0 Å². The molecule has 0 aliphatic rings. The monoisotopic (exact) mass is 493 g/mol. The summed E-state index contributed by atoms with van der Waals surface area (Å²) in [6.45, 7) is 0. The number of anilines is 2. The minimum Gasteiger partial charge on any atom is -0.383 e. The quantitative estimate of drug-likeness (QED) is 0.344. The number of nitrogens with one attached hydrogen (secondary N) is 2. The Bertz CT molecular complexity index is 1700. The number of benzene rings is 2. The van der Waals surface area contributed by atoms with Gasteiger partial charge in [0.05, 0.1) is 10.9 Å². The van der Waals surface area contributed by atoms with Crippen LogP contribution in [0.4, 0.5) is 11.5 Å².